The van der Waals surface area contributed by atoms with E-state index < -0.39 is 12.1 Å². The Morgan fingerprint density at radius 2 is 1.71 bits per heavy atom. The van der Waals surface area contributed by atoms with E-state index in [9.17, 15) is 4.79 Å². The number of phenols is 1. The molecule has 1 rings (SSSR count). The van der Waals surface area contributed by atoms with Crippen LogP contribution in [0.4, 0.5) is 0 Å². The maximum absolute atomic E-state index is 10.3. The Kier molecular flexibility index (Phi) is 7.71. The van der Waals surface area contributed by atoms with Crippen LogP contribution in [0.5, 0.6) is 5.75 Å². The molecule has 0 aliphatic carbocycles. The van der Waals surface area contributed by atoms with Crippen molar-refractivity contribution in [2.24, 2.45) is 0 Å². The minimum Gasteiger partial charge on any atom is -1.00 e. The van der Waals surface area contributed by atoms with Crippen LogP contribution in [-0.4, -0.2) is 26.8 Å². The summed E-state index contributed by atoms with van der Waals surface area (Å²) >= 11 is 0. The first-order valence-electron chi connectivity index (χ1n) is 3.31. The van der Waals surface area contributed by atoms with Gasteiger partial charge in [-0.25, -0.2) is 4.79 Å². The number of aliphatic hydroxyl groups excluding tert-OH is 1. The smallest absolute Gasteiger partial charge is 1.00 e. The molecule has 1 aromatic carbocycles. The van der Waals surface area contributed by atoms with Crippen molar-refractivity contribution in [3.63, 3.8) is 0 Å². The van der Waals surface area contributed by atoms with Crippen LogP contribution in [0.15, 0.2) is 24.3 Å². The molecule has 0 spiro atoms. The van der Waals surface area contributed by atoms with Gasteiger partial charge in [-0.2, -0.15) is 0 Å². The van der Waals surface area contributed by atoms with E-state index in [4.69, 9.17) is 15.3 Å². The molecule has 1 atom stereocenters. The number of rotatable bonds is 2. The van der Waals surface area contributed by atoms with Crippen LogP contribution in [0.3, 0.4) is 0 Å². The number of phenolic OH excluding ortho intramolecular Hbond substituents is 1. The van der Waals surface area contributed by atoms with Gasteiger partial charge in [0.15, 0.2) is 6.10 Å². The molecule has 1 unspecified atom stereocenters. The molecule has 0 heterocycles. The van der Waals surface area contributed by atoms with Crippen molar-refractivity contribution in [2.45, 2.75) is 6.10 Å². The second-order valence-electron chi connectivity index (χ2n) is 2.33. The van der Waals surface area contributed by atoms with Gasteiger partial charge in [-0.1, -0.05) is 12.1 Å². The molecule has 0 aliphatic heterocycles. The topological polar surface area (TPSA) is 109 Å². The van der Waals surface area contributed by atoms with Crippen LogP contribution < -0.4 is 29.6 Å². The number of carboxylic acid groups (broad SMARTS) is 1. The van der Waals surface area contributed by atoms with E-state index in [0.717, 1.165) is 0 Å². The molecule has 5 N–H and O–H groups in total. The summed E-state index contributed by atoms with van der Waals surface area (Å²) in [6.45, 7) is 0. The number of carboxylic acids is 1. The van der Waals surface area contributed by atoms with E-state index in [-0.39, 0.29) is 47.8 Å². The van der Waals surface area contributed by atoms with Crippen molar-refractivity contribution in [3.05, 3.63) is 29.8 Å². The first-order valence-corrected chi connectivity index (χ1v) is 3.31. The number of hydrogen-bond donors (Lipinski definition) is 3. The Bertz CT molecular complexity index is 290. The normalized spacial score (nSPS) is 10.6. The van der Waals surface area contributed by atoms with Gasteiger partial charge in [0.25, 0.3) is 0 Å². The zero-order valence-corrected chi connectivity index (χ0v) is 9.64. The van der Waals surface area contributed by atoms with Gasteiger partial charge in [0.1, 0.15) is 5.75 Å². The maximum atomic E-state index is 10.3. The summed E-state index contributed by atoms with van der Waals surface area (Å²) in [5.41, 5.74) is 0.250. The molecule has 0 radical (unpaired) electrons. The Balaban J connectivity index is -0.000000480. The summed E-state index contributed by atoms with van der Waals surface area (Å²) in [5, 5.41) is 26.2. The van der Waals surface area contributed by atoms with Gasteiger partial charge >= 0.3 is 35.5 Å². The molecule has 5 nitrogen and oxygen atoms in total. The fourth-order valence-corrected chi connectivity index (χ4v) is 0.799. The average Bonchev–Trinajstić information content (AvgIpc) is 2.04. The molecule has 0 amide bonds. The van der Waals surface area contributed by atoms with Crippen LogP contribution in [0, 0.1) is 0 Å². The van der Waals surface area contributed by atoms with Crippen LogP contribution in [0.2, 0.25) is 0 Å². The van der Waals surface area contributed by atoms with Crippen LogP contribution >= 0.6 is 0 Å². The Hall–Kier alpha value is -0.590. The van der Waals surface area contributed by atoms with E-state index in [2.05, 4.69) is 0 Å². The predicted octanol–water partition coefficient (Wildman–Crippen LogP) is -3.20. The molecule has 14 heavy (non-hydrogen) atoms. The zero-order chi connectivity index (χ0) is 9.14. The van der Waals surface area contributed by atoms with Gasteiger partial charge in [-0.05, 0) is 17.7 Å². The minimum absolute atomic E-state index is 0. The third-order valence-corrected chi connectivity index (χ3v) is 1.44. The van der Waals surface area contributed by atoms with Crippen molar-refractivity contribution >= 4 is 5.97 Å². The van der Waals surface area contributed by atoms with Crippen molar-refractivity contribution in [2.75, 3.05) is 0 Å². The number of aromatic hydroxyl groups is 1. The van der Waals surface area contributed by atoms with Gasteiger partial charge in [0.2, 0.25) is 0 Å². The Morgan fingerprint density at radius 1 is 1.29 bits per heavy atom. The molecule has 74 valence electrons. The van der Waals surface area contributed by atoms with Gasteiger partial charge < -0.3 is 22.2 Å². The van der Waals surface area contributed by atoms with Crippen LogP contribution in [0.25, 0.3) is 0 Å². The maximum Gasteiger partial charge on any atom is 1.00 e. The Morgan fingerprint density at radius 3 is 2.07 bits per heavy atom. The Labute approximate surface area is 104 Å². The summed E-state index contributed by atoms with van der Waals surface area (Å²) < 4.78 is 0. The molecule has 0 bridgehead atoms. The fraction of sp³-hybridized carbons (Fsp3) is 0.125. The van der Waals surface area contributed by atoms with Gasteiger partial charge in [0.05, 0.1) is 0 Å². The molecule has 0 saturated heterocycles. The summed E-state index contributed by atoms with van der Waals surface area (Å²) in [4.78, 5) is 10.3. The third kappa shape index (κ3) is 4.08. The fourth-order valence-electron chi connectivity index (χ4n) is 0.799. The van der Waals surface area contributed by atoms with E-state index in [1.165, 1.54) is 24.3 Å². The second-order valence-corrected chi connectivity index (χ2v) is 2.33. The number of aliphatic hydroxyl groups is 1. The van der Waals surface area contributed by atoms with E-state index in [1.807, 2.05) is 0 Å². The van der Waals surface area contributed by atoms with Crippen molar-refractivity contribution in [1.29, 1.82) is 0 Å². The summed E-state index contributed by atoms with van der Waals surface area (Å²) in [6, 6.07) is 5.35. The molecule has 0 aliphatic rings. The molecule has 0 saturated carbocycles. The van der Waals surface area contributed by atoms with Crippen molar-refractivity contribution in [3.8, 4) is 5.75 Å². The zero-order valence-electron chi connectivity index (χ0n) is 8.64. The standard InChI is InChI=1S/C8H8O4.Na.H2O.H/c9-6-3-1-5(2-4-6)7(10)8(11)12;;;/h1-4,7,9-10H,(H,11,12);;1H2;/q;+1;;-1. The van der Waals surface area contributed by atoms with Crippen LogP contribution in [-0.2, 0) is 4.79 Å². The van der Waals surface area contributed by atoms with E-state index in [1.54, 1.807) is 0 Å². The van der Waals surface area contributed by atoms with E-state index in [0.29, 0.717) is 0 Å². The molecular formula is C8H11NaO5. The quantitative estimate of drug-likeness (QED) is 0.446. The third-order valence-electron chi connectivity index (χ3n) is 1.44. The van der Waals surface area contributed by atoms with E-state index >= 15 is 0 Å². The average molecular weight is 210 g/mol. The molecule has 0 fully saturated rings. The first-order chi connectivity index (χ1) is 5.61. The summed E-state index contributed by atoms with van der Waals surface area (Å²) in [7, 11) is 0. The first kappa shape index (κ1) is 15.9. The van der Waals surface area contributed by atoms with Crippen molar-refractivity contribution in [1.82, 2.24) is 0 Å². The number of carbonyl (C=O) groups is 1. The SMILES string of the molecule is O.O=C(O)C(O)c1ccc(O)cc1.[H-].[Na+]. The van der Waals surface area contributed by atoms with Crippen molar-refractivity contribution < 1.29 is 56.6 Å². The largest absolute Gasteiger partial charge is 1.00 e. The van der Waals surface area contributed by atoms with Gasteiger partial charge in [-0.3, -0.25) is 0 Å². The number of hydrogen-bond acceptors (Lipinski definition) is 3. The predicted molar refractivity (Wildman–Crippen MR) is 45.4 cm³/mol. The minimum atomic E-state index is -1.52. The number of benzene rings is 1. The molecule has 6 heteroatoms. The molecular weight excluding hydrogens is 199 g/mol. The number of aliphatic carboxylic acids is 1. The second kappa shape index (κ2) is 6.80. The summed E-state index contributed by atoms with van der Waals surface area (Å²) in [6.07, 6.45) is -1.52. The summed E-state index contributed by atoms with van der Waals surface area (Å²) in [5.74, 6) is -1.27. The van der Waals surface area contributed by atoms with Crippen LogP contribution in [0.1, 0.15) is 13.1 Å². The monoisotopic (exact) mass is 210 g/mol. The van der Waals surface area contributed by atoms with Gasteiger partial charge in [-0.15, -0.1) is 0 Å². The molecule has 1 aromatic rings. The van der Waals surface area contributed by atoms with Gasteiger partial charge in [0, 0.05) is 0 Å². The molecule has 0 aromatic heterocycles.